The number of rotatable bonds is 10. The summed E-state index contributed by atoms with van der Waals surface area (Å²) in [6, 6.07) is 104. The molecule has 0 aromatic heterocycles. The number of anilines is 5. The molecule has 0 N–H and O–H groups in total. The highest BCUT2D eigenvalue weighted by Gasteiger charge is 2.33. The van der Waals surface area contributed by atoms with Crippen LogP contribution >= 0.6 is 0 Å². The van der Waals surface area contributed by atoms with E-state index in [1.54, 1.807) is 0 Å². The normalized spacial score (nSPS) is 14.2. The molecule has 2 atom stereocenters. The minimum absolute atomic E-state index is 0.0306. The Kier molecular flexibility index (Phi) is 11.8. The van der Waals surface area contributed by atoms with E-state index in [0.29, 0.717) is 0 Å². The van der Waals surface area contributed by atoms with Gasteiger partial charge in [-0.1, -0.05) is 237 Å². The van der Waals surface area contributed by atoms with Crippen LogP contribution in [0.1, 0.15) is 23.0 Å². The molecule has 11 aromatic carbocycles. The van der Waals surface area contributed by atoms with Gasteiger partial charge in [-0.3, -0.25) is 0 Å². The molecule has 13 rings (SSSR count). The van der Waals surface area contributed by atoms with Crippen molar-refractivity contribution in [3.8, 4) is 66.8 Å². The van der Waals surface area contributed by atoms with Crippen LogP contribution in [0.4, 0.5) is 28.4 Å². The second-order valence-corrected chi connectivity index (χ2v) is 19.2. The molecule has 0 bridgehead atoms. The molecule has 2 aliphatic carbocycles. The van der Waals surface area contributed by atoms with Gasteiger partial charge in [0.05, 0.1) is 0 Å². The standard InChI is InChI=1S/C72H52N2/c1-5-17-51(18-6-1)55-29-37-59(38-30-55)73(60-39-31-56(32-40-60)52-19-7-2-8-20-52)63-45-47-69-67-27-15-13-25-65(67)66-26-14-16-28-68(66)70-48-46-64(50-72(70)71(69)49-63)74(61-41-33-57(34-42-61)53-21-9-3-10-22-53)62-43-35-58(36-44-62)54-23-11-4-12-24-54/h1-50,69,71H. The molecular formula is C72H52N2. The number of fused-ring (bicyclic) bond motifs is 8. The monoisotopic (exact) mass is 944 g/mol. The third-order valence-electron chi connectivity index (χ3n) is 14.9. The Hall–Kier alpha value is -9.50. The summed E-state index contributed by atoms with van der Waals surface area (Å²) >= 11 is 0. The van der Waals surface area contributed by atoms with E-state index in [2.05, 4.69) is 313 Å². The van der Waals surface area contributed by atoms with Crippen LogP contribution in [0, 0.1) is 0 Å². The zero-order valence-electron chi connectivity index (χ0n) is 40.9. The fourth-order valence-corrected chi connectivity index (χ4v) is 11.2. The first kappa shape index (κ1) is 44.4. The van der Waals surface area contributed by atoms with Gasteiger partial charge in [-0.15, -0.1) is 0 Å². The van der Waals surface area contributed by atoms with Gasteiger partial charge in [0.15, 0.2) is 0 Å². The van der Waals surface area contributed by atoms with Crippen LogP contribution in [0.3, 0.4) is 0 Å². The predicted molar refractivity (Wildman–Crippen MR) is 311 cm³/mol. The number of hydrogen-bond acceptors (Lipinski definition) is 2. The van der Waals surface area contributed by atoms with Gasteiger partial charge in [-0.05, 0) is 145 Å². The first-order valence-corrected chi connectivity index (χ1v) is 25.7. The van der Waals surface area contributed by atoms with Gasteiger partial charge in [-0.2, -0.15) is 0 Å². The average molecular weight is 945 g/mol. The Morgan fingerprint density at radius 3 is 0.973 bits per heavy atom. The highest BCUT2D eigenvalue weighted by Crippen LogP contribution is 2.52. The lowest BCUT2D eigenvalue weighted by Gasteiger charge is -2.36. The second-order valence-electron chi connectivity index (χ2n) is 19.2. The molecule has 74 heavy (non-hydrogen) atoms. The van der Waals surface area contributed by atoms with Gasteiger partial charge in [0.25, 0.3) is 0 Å². The summed E-state index contributed by atoms with van der Waals surface area (Å²) in [5, 5.41) is 0. The summed E-state index contributed by atoms with van der Waals surface area (Å²) in [6.07, 6.45) is 7.37. The van der Waals surface area contributed by atoms with Crippen LogP contribution in [0.5, 0.6) is 0 Å². The minimum atomic E-state index is -0.0306. The van der Waals surface area contributed by atoms with Crippen molar-refractivity contribution in [2.45, 2.75) is 11.8 Å². The lowest BCUT2D eigenvalue weighted by molar-refractivity contribution is 0.722. The lowest BCUT2D eigenvalue weighted by atomic mass is 9.71. The van der Waals surface area contributed by atoms with Gasteiger partial charge in [-0.25, -0.2) is 0 Å². The summed E-state index contributed by atoms with van der Waals surface area (Å²) in [5.74, 6) is 0.0285. The van der Waals surface area contributed by atoms with E-state index >= 15 is 0 Å². The smallest absolute Gasteiger partial charge is 0.0465 e. The number of nitrogens with zero attached hydrogens (tertiary/aromatic N) is 2. The molecule has 11 aromatic rings. The fraction of sp³-hybridized carbons (Fsp3) is 0.0278. The Morgan fingerprint density at radius 1 is 0.230 bits per heavy atom. The Bertz CT molecular complexity index is 3620. The van der Waals surface area contributed by atoms with E-state index in [1.807, 2.05) is 0 Å². The van der Waals surface area contributed by atoms with E-state index < -0.39 is 0 Å². The molecule has 0 saturated carbocycles. The minimum Gasteiger partial charge on any atom is -0.311 e. The fourth-order valence-electron chi connectivity index (χ4n) is 11.2. The van der Waals surface area contributed by atoms with Crippen molar-refractivity contribution in [2.75, 3.05) is 9.80 Å². The van der Waals surface area contributed by atoms with E-state index in [0.717, 1.165) is 34.1 Å². The third kappa shape index (κ3) is 8.53. The zero-order chi connectivity index (χ0) is 49.2. The summed E-state index contributed by atoms with van der Waals surface area (Å²) in [6.45, 7) is 0. The number of hydrogen-bond donors (Lipinski definition) is 0. The molecule has 2 heteroatoms. The molecular weight excluding hydrogens is 893 g/mol. The molecule has 350 valence electrons. The van der Waals surface area contributed by atoms with Crippen LogP contribution in [0.2, 0.25) is 0 Å². The Balaban J connectivity index is 0.992. The van der Waals surface area contributed by atoms with Crippen LogP contribution in [0.15, 0.2) is 309 Å². The van der Waals surface area contributed by atoms with Crippen molar-refractivity contribution in [1.29, 1.82) is 0 Å². The van der Waals surface area contributed by atoms with E-state index in [4.69, 9.17) is 0 Å². The number of allylic oxidation sites excluding steroid dienone is 3. The molecule has 0 amide bonds. The first-order valence-electron chi connectivity index (χ1n) is 25.7. The number of benzene rings is 11. The van der Waals surface area contributed by atoms with Gasteiger partial charge in [0.1, 0.15) is 0 Å². The highest BCUT2D eigenvalue weighted by atomic mass is 15.2. The van der Waals surface area contributed by atoms with Crippen molar-refractivity contribution in [3.63, 3.8) is 0 Å². The lowest BCUT2D eigenvalue weighted by Crippen LogP contribution is -2.22. The predicted octanol–water partition coefficient (Wildman–Crippen LogP) is 19.6. The van der Waals surface area contributed by atoms with Gasteiger partial charge >= 0.3 is 0 Å². The molecule has 0 fully saturated rings. The largest absolute Gasteiger partial charge is 0.311 e. The zero-order valence-corrected chi connectivity index (χ0v) is 40.9. The van der Waals surface area contributed by atoms with Crippen molar-refractivity contribution in [3.05, 3.63) is 320 Å². The van der Waals surface area contributed by atoms with Gasteiger partial charge in [0, 0.05) is 46.0 Å². The molecule has 0 saturated heterocycles. The molecule has 0 heterocycles. The van der Waals surface area contributed by atoms with E-state index in [9.17, 15) is 0 Å². The maximum absolute atomic E-state index is 2.54. The molecule has 0 spiro atoms. The molecule has 2 nitrogen and oxygen atoms in total. The maximum atomic E-state index is 2.54. The van der Waals surface area contributed by atoms with Crippen LogP contribution < -0.4 is 9.80 Å². The quantitative estimate of drug-likeness (QED) is 0.135. The third-order valence-corrected chi connectivity index (χ3v) is 14.9. The molecule has 2 unspecified atom stereocenters. The maximum Gasteiger partial charge on any atom is 0.0465 e. The highest BCUT2D eigenvalue weighted by molar-refractivity contribution is 5.91. The average Bonchev–Trinajstić information content (AvgIpc) is 3.50. The molecule has 2 aliphatic rings. The van der Waals surface area contributed by atoms with Crippen molar-refractivity contribution in [1.82, 2.24) is 0 Å². The van der Waals surface area contributed by atoms with Crippen LogP contribution in [-0.2, 0) is 0 Å². The summed E-state index contributed by atoms with van der Waals surface area (Å²) < 4.78 is 0. The topological polar surface area (TPSA) is 6.48 Å². The molecule has 0 aliphatic heterocycles. The molecule has 0 radical (unpaired) electrons. The van der Waals surface area contributed by atoms with Gasteiger partial charge < -0.3 is 9.80 Å². The van der Waals surface area contributed by atoms with Gasteiger partial charge in [0.2, 0.25) is 0 Å². The Labute approximate surface area is 434 Å². The summed E-state index contributed by atoms with van der Waals surface area (Å²) in [5.41, 5.74) is 23.8. The SMILES string of the molecule is C1=CC2c3ccccc3-c3ccccc3-c3ccc(N(c4ccc(-c5ccccc5)cc4)c4ccc(-c5ccccc5)cc4)cc3C2C=C1N(c1ccc(-c2ccccc2)cc1)c1ccc(-c2ccccc2)cc1. The summed E-state index contributed by atoms with van der Waals surface area (Å²) in [4.78, 5) is 4.86. The van der Waals surface area contributed by atoms with Crippen LogP contribution in [-0.4, -0.2) is 0 Å². The van der Waals surface area contributed by atoms with Crippen molar-refractivity contribution in [2.24, 2.45) is 0 Å². The van der Waals surface area contributed by atoms with Crippen LogP contribution in [0.25, 0.3) is 66.8 Å². The van der Waals surface area contributed by atoms with Crippen molar-refractivity contribution < 1.29 is 0 Å². The van der Waals surface area contributed by atoms with Crippen molar-refractivity contribution >= 4 is 28.4 Å². The Morgan fingerprint density at radius 2 is 0.554 bits per heavy atom. The van der Waals surface area contributed by atoms with E-state index in [1.165, 1.54) is 77.9 Å². The second kappa shape index (κ2) is 19.6. The summed E-state index contributed by atoms with van der Waals surface area (Å²) in [7, 11) is 0. The van der Waals surface area contributed by atoms with E-state index in [-0.39, 0.29) is 11.8 Å². The first-order chi connectivity index (χ1) is 36.7.